The molecule has 1 atom stereocenters. The van der Waals surface area contributed by atoms with Gasteiger partial charge in [0.15, 0.2) is 0 Å². The third-order valence-corrected chi connectivity index (χ3v) is 4.37. The Balaban J connectivity index is 1.69. The van der Waals surface area contributed by atoms with Crippen molar-refractivity contribution < 1.29 is 4.79 Å². The van der Waals surface area contributed by atoms with Crippen LogP contribution >= 0.6 is 0 Å². The molecular formula is C17H21N5O2. The van der Waals surface area contributed by atoms with Crippen LogP contribution in [-0.4, -0.2) is 45.5 Å². The molecule has 3 heterocycles. The van der Waals surface area contributed by atoms with Crippen LogP contribution in [0.3, 0.4) is 0 Å². The molecule has 2 aromatic rings. The average Bonchev–Trinajstić information content (AvgIpc) is 2.64. The number of anilines is 1. The number of nitrogens with one attached hydrogen (secondary N) is 1. The van der Waals surface area contributed by atoms with Gasteiger partial charge in [-0.1, -0.05) is 0 Å². The van der Waals surface area contributed by atoms with Gasteiger partial charge >= 0.3 is 5.69 Å². The molecule has 1 N–H and O–H groups in total. The monoisotopic (exact) mass is 327 g/mol. The third kappa shape index (κ3) is 3.61. The number of pyridine rings is 1. The van der Waals surface area contributed by atoms with Crippen molar-refractivity contribution in [1.82, 2.24) is 19.4 Å². The molecule has 0 aliphatic carbocycles. The van der Waals surface area contributed by atoms with Crippen LogP contribution in [0.1, 0.15) is 24.3 Å². The van der Waals surface area contributed by atoms with Crippen molar-refractivity contribution in [2.75, 3.05) is 25.5 Å². The van der Waals surface area contributed by atoms with Crippen LogP contribution in [0.2, 0.25) is 0 Å². The molecule has 126 valence electrons. The van der Waals surface area contributed by atoms with E-state index < -0.39 is 5.69 Å². The predicted molar refractivity (Wildman–Crippen MR) is 90.8 cm³/mol. The SMILES string of the molecule is CNc1cc([C@H]2CCCN(C(=O)Cn3cccnc3=O)C2)ccn1. The van der Waals surface area contributed by atoms with Gasteiger partial charge in [0.25, 0.3) is 0 Å². The van der Waals surface area contributed by atoms with Gasteiger partial charge in [0.05, 0.1) is 0 Å². The second-order valence-corrected chi connectivity index (χ2v) is 5.93. The summed E-state index contributed by atoms with van der Waals surface area (Å²) in [5, 5.41) is 3.04. The molecule has 7 nitrogen and oxygen atoms in total. The van der Waals surface area contributed by atoms with Gasteiger partial charge in [-0.15, -0.1) is 0 Å². The van der Waals surface area contributed by atoms with E-state index >= 15 is 0 Å². The Bertz CT molecular complexity index is 773. The van der Waals surface area contributed by atoms with E-state index in [-0.39, 0.29) is 12.5 Å². The van der Waals surface area contributed by atoms with Crippen molar-refractivity contribution in [2.24, 2.45) is 0 Å². The summed E-state index contributed by atoms with van der Waals surface area (Å²) in [7, 11) is 1.84. The molecule has 0 spiro atoms. The lowest BCUT2D eigenvalue weighted by molar-refractivity contribution is -0.133. The van der Waals surface area contributed by atoms with E-state index in [1.807, 2.05) is 24.1 Å². The molecule has 3 rings (SSSR count). The largest absolute Gasteiger partial charge is 0.373 e. The number of aromatic nitrogens is 3. The quantitative estimate of drug-likeness (QED) is 0.909. The fourth-order valence-electron chi connectivity index (χ4n) is 3.07. The molecule has 2 aromatic heterocycles. The number of hydrogen-bond acceptors (Lipinski definition) is 5. The smallest absolute Gasteiger partial charge is 0.347 e. The molecule has 0 unspecified atom stereocenters. The fourth-order valence-corrected chi connectivity index (χ4v) is 3.07. The maximum atomic E-state index is 12.5. The Morgan fingerprint density at radius 2 is 2.25 bits per heavy atom. The maximum Gasteiger partial charge on any atom is 0.347 e. The highest BCUT2D eigenvalue weighted by atomic mass is 16.2. The van der Waals surface area contributed by atoms with Gasteiger partial charge in [0.1, 0.15) is 12.4 Å². The Hall–Kier alpha value is -2.70. The van der Waals surface area contributed by atoms with Crippen LogP contribution in [-0.2, 0) is 11.3 Å². The lowest BCUT2D eigenvalue weighted by Gasteiger charge is -2.33. The van der Waals surface area contributed by atoms with Crippen LogP contribution < -0.4 is 11.0 Å². The first kappa shape index (κ1) is 16.2. The predicted octanol–water partition coefficient (Wildman–Crippen LogP) is 1.09. The van der Waals surface area contributed by atoms with E-state index in [4.69, 9.17) is 0 Å². The number of rotatable bonds is 4. The summed E-state index contributed by atoms with van der Waals surface area (Å²) >= 11 is 0. The Labute approximate surface area is 140 Å². The average molecular weight is 327 g/mol. The molecule has 1 aliphatic heterocycles. The van der Waals surface area contributed by atoms with Gasteiger partial charge in [0.2, 0.25) is 5.91 Å². The first-order valence-corrected chi connectivity index (χ1v) is 8.10. The van der Waals surface area contributed by atoms with Gasteiger partial charge in [-0.05, 0) is 36.6 Å². The van der Waals surface area contributed by atoms with Crippen molar-refractivity contribution in [3.8, 4) is 0 Å². The first-order valence-electron chi connectivity index (χ1n) is 8.10. The number of amides is 1. The number of carbonyl (C=O) groups is 1. The third-order valence-electron chi connectivity index (χ3n) is 4.37. The minimum atomic E-state index is -0.396. The second kappa shape index (κ2) is 7.25. The zero-order valence-corrected chi connectivity index (χ0v) is 13.7. The summed E-state index contributed by atoms with van der Waals surface area (Å²) < 4.78 is 1.34. The summed E-state index contributed by atoms with van der Waals surface area (Å²) in [6.45, 7) is 1.44. The van der Waals surface area contributed by atoms with E-state index in [1.165, 1.54) is 16.3 Å². The topological polar surface area (TPSA) is 80.1 Å². The van der Waals surface area contributed by atoms with Gasteiger partial charge in [0, 0.05) is 44.6 Å². The summed E-state index contributed by atoms with van der Waals surface area (Å²) in [6.07, 6.45) is 6.82. The van der Waals surface area contributed by atoms with E-state index in [2.05, 4.69) is 15.3 Å². The molecule has 24 heavy (non-hydrogen) atoms. The first-order chi connectivity index (χ1) is 11.7. The van der Waals surface area contributed by atoms with E-state index in [0.29, 0.717) is 12.5 Å². The number of nitrogens with zero attached hydrogens (tertiary/aromatic N) is 4. The highest BCUT2D eigenvalue weighted by molar-refractivity contribution is 5.76. The molecule has 1 saturated heterocycles. The highest BCUT2D eigenvalue weighted by Gasteiger charge is 2.25. The van der Waals surface area contributed by atoms with Gasteiger partial charge in [-0.25, -0.2) is 14.8 Å². The summed E-state index contributed by atoms with van der Waals surface area (Å²) in [5.41, 5.74) is 0.789. The molecule has 7 heteroatoms. The molecule has 0 saturated carbocycles. The maximum absolute atomic E-state index is 12.5. The lowest BCUT2D eigenvalue weighted by atomic mass is 9.91. The van der Waals surface area contributed by atoms with Gasteiger partial charge in [-0.2, -0.15) is 0 Å². The Morgan fingerprint density at radius 3 is 3.04 bits per heavy atom. The van der Waals surface area contributed by atoms with Crippen molar-refractivity contribution in [3.63, 3.8) is 0 Å². The van der Waals surface area contributed by atoms with E-state index in [9.17, 15) is 9.59 Å². The van der Waals surface area contributed by atoms with Crippen molar-refractivity contribution >= 4 is 11.7 Å². The Morgan fingerprint density at radius 1 is 1.38 bits per heavy atom. The highest BCUT2D eigenvalue weighted by Crippen LogP contribution is 2.27. The second-order valence-electron chi connectivity index (χ2n) is 5.93. The van der Waals surface area contributed by atoms with Crippen LogP contribution in [0.4, 0.5) is 5.82 Å². The van der Waals surface area contributed by atoms with Crippen molar-refractivity contribution in [2.45, 2.75) is 25.3 Å². The van der Waals surface area contributed by atoms with Gasteiger partial charge < -0.3 is 10.2 Å². The molecular weight excluding hydrogens is 306 g/mol. The molecule has 1 aliphatic rings. The van der Waals surface area contributed by atoms with Crippen LogP contribution in [0.5, 0.6) is 0 Å². The van der Waals surface area contributed by atoms with Crippen molar-refractivity contribution in [3.05, 3.63) is 52.8 Å². The zero-order chi connectivity index (χ0) is 16.9. The molecule has 0 bridgehead atoms. The molecule has 1 amide bonds. The molecule has 0 aromatic carbocycles. The summed E-state index contributed by atoms with van der Waals surface area (Å²) in [5.74, 6) is 1.08. The number of hydrogen-bond donors (Lipinski definition) is 1. The van der Waals surface area contributed by atoms with Crippen LogP contribution in [0.15, 0.2) is 41.6 Å². The fraction of sp³-hybridized carbons (Fsp3) is 0.412. The van der Waals surface area contributed by atoms with E-state index in [0.717, 1.165) is 25.2 Å². The number of piperidine rings is 1. The summed E-state index contributed by atoms with van der Waals surface area (Å²) in [4.78, 5) is 34.0. The standard InChI is InChI=1S/C17H21N5O2/c1-18-15-10-13(5-7-19-15)14-4-2-8-21(11-14)16(23)12-22-9-3-6-20-17(22)24/h3,5-7,9-10,14H,2,4,8,11-12H2,1H3,(H,18,19)/t14-/m0/s1. The number of carbonyl (C=O) groups excluding carboxylic acids is 1. The minimum Gasteiger partial charge on any atom is -0.373 e. The zero-order valence-electron chi connectivity index (χ0n) is 13.7. The van der Waals surface area contributed by atoms with E-state index in [1.54, 1.807) is 18.5 Å². The minimum absolute atomic E-state index is 0.0392. The van der Waals surface area contributed by atoms with Crippen LogP contribution in [0.25, 0.3) is 0 Å². The Kier molecular flexibility index (Phi) is 4.88. The molecule has 1 fully saturated rings. The van der Waals surface area contributed by atoms with Crippen molar-refractivity contribution in [1.29, 1.82) is 0 Å². The lowest BCUT2D eigenvalue weighted by Crippen LogP contribution is -2.42. The van der Waals surface area contributed by atoms with Crippen LogP contribution in [0, 0.1) is 0 Å². The van der Waals surface area contributed by atoms with Gasteiger partial charge in [-0.3, -0.25) is 9.36 Å². The molecule has 0 radical (unpaired) electrons. The summed E-state index contributed by atoms with van der Waals surface area (Å²) in [6, 6.07) is 5.69. The normalized spacial score (nSPS) is 17.5. The number of likely N-dealkylation sites (tertiary alicyclic amines) is 1.